The molecule has 0 radical (unpaired) electrons. The summed E-state index contributed by atoms with van der Waals surface area (Å²) < 4.78 is 0. The number of benzene rings is 4. The van der Waals surface area contributed by atoms with Gasteiger partial charge in [0.15, 0.2) is 0 Å². The van der Waals surface area contributed by atoms with Crippen molar-refractivity contribution in [2.45, 2.75) is 84.0 Å². The van der Waals surface area contributed by atoms with Crippen molar-refractivity contribution in [1.29, 1.82) is 0 Å². The Balaban J connectivity index is 2.02. The fourth-order valence-electron chi connectivity index (χ4n) is 5.25. The molecule has 49 heavy (non-hydrogen) atoms. The third-order valence-electron chi connectivity index (χ3n) is 7.60. The summed E-state index contributed by atoms with van der Waals surface area (Å²) in [6, 6.07) is 35.6. The van der Waals surface area contributed by atoms with Crippen molar-refractivity contribution in [3.05, 3.63) is 142 Å². The molecule has 0 spiro atoms. The summed E-state index contributed by atoms with van der Waals surface area (Å²) in [4.78, 5) is 0. The highest BCUT2D eigenvalue weighted by Gasteiger charge is 2.38. The minimum Gasteiger partial charge on any atom is -0.127 e. The first-order valence-corrected chi connectivity index (χ1v) is 31.3. The van der Waals surface area contributed by atoms with Crippen LogP contribution in [0.5, 0.6) is 0 Å². The Hall–Kier alpha value is -4.01. The molecule has 0 nitrogen and oxygen atoms in total. The van der Waals surface area contributed by atoms with Gasteiger partial charge in [-0.3, -0.25) is 0 Å². The molecule has 0 N–H and O–H groups in total. The lowest BCUT2D eigenvalue weighted by Crippen LogP contribution is -2.31. The Bertz CT molecular complexity index is 1700. The lowest BCUT2D eigenvalue weighted by atomic mass is 9.65. The van der Waals surface area contributed by atoms with Crippen LogP contribution in [0.4, 0.5) is 0 Å². The molecule has 248 valence electrons. The molecule has 0 aliphatic heterocycles. The van der Waals surface area contributed by atoms with Crippen LogP contribution >= 0.6 is 0 Å². The summed E-state index contributed by atoms with van der Waals surface area (Å²) in [7, 11) is -6.03. The third kappa shape index (κ3) is 11.0. The van der Waals surface area contributed by atoms with Crippen molar-refractivity contribution >= 4 is 32.3 Å². The van der Waals surface area contributed by atoms with Gasteiger partial charge in [-0.05, 0) is 70.8 Å². The molecule has 0 aliphatic carbocycles. The zero-order chi connectivity index (χ0) is 36.1. The zero-order valence-electron chi connectivity index (χ0n) is 31.7. The molecule has 4 heteroatoms. The van der Waals surface area contributed by atoms with E-state index in [-0.39, 0.29) is 0 Å². The first-order chi connectivity index (χ1) is 22.7. The fourth-order valence-corrected chi connectivity index (χ4v) is 7.33. The number of hydrogen-bond donors (Lipinski definition) is 0. The Morgan fingerprint density at radius 3 is 0.592 bits per heavy atom. The average Bonchev–Trinajstić information content (AvgIpc) is 3.02. The smallest absolute Gasteiger partial charge is 0.127 e. The summed E-state index contributed by atoms with van der Waals surface area (Å²) >= 11 is 0. The van der Waals surface area contributed by atoms with Crippen molar-refractivity contribution in [2.24, 2.45) is 0 Å². The van der Waals surface area contributed by atoms with Gasteiger partial charge in [-0.1, -0.05) is 151 Å². The molecule has 0 saturated carbocycles. The lowest BCUT2D eigenvalue weighted by molar-refractivity contribution is 0.744. The van der Waals surface area contributed by atoms with Gasteiger partial charge in [0.25, 0.3) is 0 Å². The van der Waals surface area contributed by atoms with E-state index in [4.69, 9.17) is 0 Å². The van der Waals surface area contributed by atoms with Gasteiger partial charge in [0.05, 0.1) is 5.41 Å². The average molecular weight is 705 g/mol. The van der Waals surface area contributed by atoms with E-state index in [1.54, 1.807) is 0 Å². The van der Waals surface area contributed by atoms with Gasteiger partial charge in [-0.2, -0.15) is 0 Å². The van der Waals surface area contributed by atoms with Crippen LogP contribution in [0.3, 0.4) is 0 Å². The number of hydrogen-bond acceptors (Lipinski definition) is 0. The quantitative estimate of drug-likeness (QED) is 0.113. The van der Waals surface area contributed by atoms with Gasteiger partial charge in [0, 0.05) is 22.3 Å². The molecule has 0 aliphatic rings. The van der Waals surface area contributed by atoms with Gasteiger partial charge in [0.2, 0.25) is 0 Å². The van der Waals surface area contributed by atoms with E-state index in [1.165, 1.54) is 22.3 Å². The molecule has 0 amide bonds. The van der Waals surface area contributed by atoms with Crippen LogP contribution < -0.4 is 0 Å². The van der Waals surface area contributed by atoms with Crippen LogP contribution in [0.15, 0.2) is 97.1 Å². The predicted octanol–water partition coefficient (Wildman–Crippen LogP) is 11.0. The molecule has 0 saturated heterocycles. The second kappa shape index (κ2) is 14.8. The highest BCUT2D eigenvalue weighted by atomic mass is 28.3. The van der Waals surface area contributed by atoms with Crippen LogP contribution in [-0.2, 0) is 5.41 Å². The summed E-state index contributed by atoms with van der Waals surface area (Å²) in [6.45, 7) is 27.4. The topological polar surface area (TPSA) is 0 Å². The van der Waals surface area contributed by atoms with Crippen molar-refractivity contribution in [2.75, 3.05) is 0 Å². The minimum absolute atomic E-state index is 0.592. The van der Waals surface area contributed by atoms with Crippen molar-refractivity contribution in [1.82, 2.24) is 0 Å². The summed E-state index contributed by atoms with van der Waals surface area (Å²) in [5.74, 6) is 13.8. The van der Waals surface area contributed by atoms with E-state index in [0.29, 0.717) is 0 Å². The fraction of sp³-hybridized carbons (Fsp3) is 0.289. The normalized spacial score (nSPS) is 11.8. The Kier molecular flexibility index (Phi) is 11.5. The van der Waals surface area contributed by atoms with Crippen LogP contribution in [-0.4, -0.2) is 32.3 Å². The standard InChI is InChI=1S/C45H52Si4/c1-46(2,3)33-29-37-13-21-41(22-14-37)45(42-23-15-38(16-24-42)30-34-47(4,5)6,43-25-17-39(18-26-43)31-35-48(7,8)9)44-27-19-40(20-28-44)32-36-49(10,11)12/h13-28H,1-12H3. The number of rotatable bonds is 4. The van der Waals surface area contributed by atoms with Crippen LogP contribution in [0.25, 0.3) is 0 Å². The molecule has 4 aromatic rings. The molecule has 4 rings (SSSR count). The molecule has 0 aromatic heterocycles. The van der Waals surface area contributed by atoms with E-state index in [1.807, 2.05) is 0 Å². The van der Waals surface area contributed by atoms with E-state index in [9.17, 15) is 0 Å². The second-order valence-electron chi connectivity index (χ2n) is 17.1. The Labute approximate surface area is 302 Å². The van der Waals surface area contributed by atoms with Crippen LogP contribution in [0, 0.1) is 45.9 Å². The summed E-state index contributed by atoms with van der Waals surface area (Å²) in [6.07, 6.45) is 0. The third-order valence-corrected chi connectivity index (χ3v) is 11.1. The molecule has 0 bridgehead atoms. The van der Waals surface area contributed by atoms with Crippen LogP contribution in [0.2, 0.25) is 78.6 Å². The maximum absolute atomic E-state index is 3.54. The Morgan fingerprint density at radius 2 is 0.449 bits per heavy atom. The first kappa shape index (κ1) is 37.8. The molecule has 0 fully saturated rings. The maximum atomic E-state index is 3.54. The lowest BCUT2D eigenvalue weighted by Gasteiger charge is -2.37. The van der Waals surface area contributed by atoms with E-state index in [0.717, 1.165) is 22.3 Å². The predicted molar refractivity (Wildman–Crippen MR) is 226 cm³/mol. The highest BCUT2D eigenvalue weighted by Crippen LogP contribution is 2.45. The monoisotopic (exact) mass is 704 g/mol. The van der Waals surface area contributed by atoms with Crippen LogP contribution in [0.1, 0.15) is 44.5 Å². The molecular formula is C45H52Si4. The van der Waals surface area contributed by atoms with Crippen molar-refractivity contribution in [3.63, 3.8) is 0 Å². The molecule has 0 heterocycles. The first-order valence-electron chi connectivity index (χ1n) is 17.3. The second-order valence-corrected chi connectivity index (χ2v) is 36.1. The van der Waals surface area contributed by atoms with E-state index < -0.39 is 37.7 Å². The molecule has 4 aromatic carbocycles. The molecular weight excluding hydrogens is 653 g/mol. The minimum atomic E-state index is -1.51. The van der Waals surface area contributed by atoms with Gasteiger partial charge in [-0.15, -0.1) is 22.2 Å². The largest absolute Gasteiger partial charge is 0.129 e. The Morgan fingerprint density at radius 1 is 0.286 bits per heavy atom. The van der Waals surface area contributed by atoms with Gasteiger partial charge < -0.3 is 0 Å². The SMILES string of the molecule is C[Si](C)(C)C#Cc1ccc(C(c2ccc(C#C[Si](C)(C)C)cc2)(c2ccc(C#C[Si](C)(C)C)cc2)c2ccc(C#C[Si](C)(C)C)cc2)cc1. The van der Waals surface area contributed by atoms with Gasteiger partial charge in [0.1, 0.15) is 32.3 Å². The highest BCUT2D eigenvalue weighted by molar-refractivity contribution is 6.85. The summed E-state index contributed by atoms with van der Waals surface area (Å²) in [5.41, 5.74) is 22.5. The zero-order valence-corrected chi connectivity index (χ0v) is 35.7. The maximum Gasteiger partial charge on any atom is 0.129 e. The van der Waals surface area contributed by atoms with Gasteiger partial charge in [-0.25, -0.2) is 0 Å². The van der Waals surface area contributed by atoms with E-state index >= 15 is 0 Å². The van der Waals surface area contributed by atoms with Crippen molar-refractivity contribution in [3.8, 4) is 45.9 Å². The van der Waals surface area contributed by atoms with E-state index in [2.05, 4.69) is 221 Å². The molecule has 0 unspecified atom stereocenters. The van der Waals surface area contributed by atoms with Crippen molar-refractivity contribution < 1.29 is 0 Å². The van der Waals surface area contributed by atoms with Gasteiger partial charge >= 0.3 is 0 Å². The summed E-state index contributed by atoms with van der Waals surface area (Å²) in [5, 5.41) is 0. The molecule has 0 atom stereocenters.